The van der Waals surface area contributed by atoms with Crippen LogP contribution in [0.4, 0.5) is 11.5 Å². The molecular weight excluding hydrogens is 272 g/mol. The molecule has 0 aliphatic rings. The summed E-state index contributed by atoms with van der Waals surface area (Å²) >= 11 is 1.70. The number of aromatic nitrogens is 2. The molecule has 1 amide bonds. The van der Waals surface area contributed by atoms with Crippen molar-refractivity contribution in [1.82, 2.24) is 10.2 Å². The summed E-state index contributed by atoms with van der Waals surface area (Å²) in [5, 5.41) is 11.7. The molecule has 0 saturated heterocycles. The van der Waals surface area contributed by atoms with Crippen LogP contribution in [-0.4, -0.2) is 16.1 Å². The third kappa shape index (κ3) is 2.41. The van der Waals surface area contributed by atoms with Gasteiger partial charge in [0, 0.05) is 10.6 Å². The molecule has 100 valence electrons. The number of nitrogens with zero attached hydrogens (tertiary/aromatic N) is 1. The van der Waals surface area contributed by atoms with Crippen LogP contribution in [0.15, 0.2) is 48.0 Å². The molecule has 5 nitrogen and oxygen atoms in total. The Kier molecular flexibility index (Phi) is 3.22. The van der Waals surface area contributed by atoms with Crippen molar-refractivity contribution in [1.29, 1.82) is 0 Å². The molecular formula is C14H12N4OS. The number of hydrogen-bond donors (Lipinski definition) is 3. The first kappa shape index (κ1) is 12.4. The number of carbonyl (C=O) groups is 1. The minimum absolute atomic E-state index is 0.340. The summed E-state index contributed by atoms with van der Waals surface area (Å²) in [6.07, 6.45) is 1.41. The van der Waals surface area contributed by atoms with Gasteiger partial charge in [0.2, 0.25) is 0 Å². The van der Waals surface area contributed by atoms with Crippen LogP contribution in [0.1, 0.15) is 10.4 Å². The number of nitrogens with two attached hydrogens (primary N) is 1. The van der Waals surface area contributed by atoms with Gasteiger partial charge >= 0.3 is 0 Å². The van der Waals surface area contributed by atoms with E-state index in [-0.39, 0.29) is 0 Å². The molecule has 20 heavy (non-hydrogen) atoms. The summed E-state index contributed by atoms with van der Waals surface area (Å²) in [6.45, 7) is 0. The van der Waals surface area contributed by atoms with Crippen molar-refractivity contribution in [2.75, 3.05) is 5.32 Å². The summed E-state index contributed by atoms with van der Waals surface area (Å²) < 4.78 is 0. The van der Waals surface area contributed by atoms with E-state index < -0.39 is 5.91 Å². The van der Waals surface area contributed by atoms with Crippen LogP contribution >= 0.6 is 11.3 Å². The summed E-state index contributed by atoms with van der Waals surface area (Å²) in [5.41, 5.74) is 7.62. The van der Waals surface area contributed by atoms with Gasteiger partial charge in [-0.3, -0.25) is 9.89 Å². The van der Waals surface area contributed by atoms with Crippen LogP contribution in [0.2, 0.25) is 0 Å². The molecule has 3 aromatic rings. The molecule has 0 aliphatic heterocycles. The molecule has 0 atom stereocenters. The quantitative estimate of drug-likeness (QED) is 0.688. The first-order valence-electron chi connectivity index (χ1n) is 5.98. The number of H-pyrrole nitrogens is 1. The van der Waals surface area contributed by atoms with Crippen LogP contribution in [0.25, 0.3) is 10.4 Å². The van der Waals surface area contributed by atoms with E-state index in [9.17, 15) is 4.79 Å². The van der Waals surface area contributed by atoms with E-state index in [1.807, 2.05) is 35.7 Å². The maximum Gasteiger partial charge on any atom is 0.254 e. The number of benzene rings is 1. The number of carbonyl (C=O) groups excluding carboxylic acids is 1. The zero-order valence-electron chi connectivity index (χ0n) is 10.5. The molecule has 0 spiro atoms. The number of aromatic amines is 1. The lowest BCUT2D eigenvalue weighted by atomic mass is 10.1. The molecule has 6 heteroatoms. The molecule has 3 rings (SSSR count). The van der Waals surface area contributed by atoms with Crippen LogP contribution < -0.4 is 11.1 Å². The zero-order valence-corrected chi connectivity index (χ0v) is 11.3. The van der Waals surface area contributed by atoms with Crippen LogP contribution in [0.3, 0.4) is 0 Å². The van der Waals surface area contributed by atoms with Crippen LogP contribution in [0, 0.1) is 0 Å². The highest BCUT2D eigenvalue weighted by Gasteiger charge is 2.10. The molecule has 0 fully saturated rings. The van der Waals surface area contributed by atoms with E-state index in [0.717, 1.165) is 11.3 Å². The number of hydrogen-bond acceptors (Lipinski definition) is 4. The van der Waals surface area contributed by atoms with Gasteiger partial charge in [-0.2, -0.15) is 5.10 Å². The number of rotatable bonds is 4. The number of amides is 1. The first-order chi connectivity index (χ1) is 9.74. The molecule has 1 aromatic carbocycles. The Balaban J connectivity index is 1.82. The third-order valence-corrected chi connectivity index (χ3v) is 3.78. The van der Waals surface area contributed by atoms with Gasteiger partial charge in [0.15, 0.2) is 0 Å². The van der Waals surface area contributed by atoms with Gasteiger partial charge in [-0.25, -0.2) is 0 Å². The van der Waals surface area contributed by atoms with E-state index in [1.54, 1.807) is 11.3 Å². The molecule has 0 bridgehead atoms. The fraction of sp³-hybridized carbons (Fsp3) is 0. The highest BCUT2D eigenvalue weighted by molar-refractivity contribution is 7.13. The number of thiophene rings is 1. The minimum atomic E-state index is -0.517. The summed E-state index contributed by atoms with van der Waals surface area (Å²) in [6, 6.07) is 12.0. The maximum atomic E-state index is 11.2. The Bertz CT molecular complexity index is 716. The van der Waals surface area contributed by atoms with Gasteiger partial charge in [0.25, 0.3) is 5.91 Å². The van der Waals surface area contributed by atoms with Crippen molar-refractivity contribution in [2.45, 2.75) is 0 Å². The second-order valence-corrected chi connectivity index (χ2v) is 5.15. The SMILES string of the molecule is NC(=O)c1cn[nH]c1Nc1ccc(-c2cccs2)cc1. The van der Waals surface area contributed by atoms with Crippen LogP contribution in [0.5, 0.6) is 0 Å². The monoisotopic (exact) mass is 284 g/mol. The molecule has 4 N–H and O–H groups in total. The van der Waals surface area contributed by atoms with Gasteiger partial charge in [-0.1, -0.05) is 18.2 Å². The van der Waals surface area contributed by atoms with Gasteiger partial charge in [-0.05, 0) is 29.1 Å². The number of nitrogens with one attached hydrogen (secondary N) is 2. The molecule has 0 aliphatic carbocycles. The molecule has 0 saturated carbocycles. The maximum absolute atomic E-state index is 11.2. The predicted octanol–water partition coefficient (Wildman–Crippen LogP) is 2.98. The smallest absolute Gasteiger partial charge is 0.254 e. The van der Waals surface area contributed by atoms with E-state index in [2.05, 4.69) is 21.6 Å². The normalized spacial score (nSPS) is 10.4. The molecule has 0 unspecified atom stereocenters. The summed E-state index contributed by atoms with van der Waals surface area (Å²) in [5.74, 6) is -0.0159. The van der Waals surface area contributed by atoms with Crippen molar-refractivity contribution in [3.63, 3.8) is 0 Å². The Hall–Kier alpha value is -2.60. The molecule has 0 radical (unpaired) electrons. The van der Waals surface area contributed by atoms with Crippen molar-refractivity contribution in [3.8, 4) is 10.4 Å². The summed E-state index contributed by atoms with van der Waals surface area (Å²) in [7, 11) is 0. The van der Waals surface area contributed by atoms with E-state index in [4.69, 9.17) is 5.73 Å². The highest BCUT2D eigenvalue weighted by Crippen LogP contribution is 2.26. The molecule has 2 aromatic heterocycles. The second kappa shape index (κ2) is 5.18. The molecule has 2 heterocycles. The van der Waals surface area contributed by atoms with E-state index in [1.165, 1.54) is 11.1 Å². The Morgan fingerprint density at radius 2 is 2.05 bits per heavy atom. The number of anilines is 2. The predicted molar refractivity (Wildman–Crippen MR) is 80.1 cm³/mol. The largest absolute Gasteiger partial charge is 0.365 e. The lowest BCUT2D eigenvalue weighted by molar-refractivity contribution is 0.100. The Morgan fingerprint density at radius 3 is 2.70 bits per heavy atom. The van der Waals surface area contributed by atoms with Gasteiger partial charge < -0.3 is 11.1 Å². The number of primary amides is 1. The van der Waals surface area contributed by atoms with Crippen molar-refractivity contribution < 1.29 is 4.79 Å². The van der Waals surface area contributed by atoms with E-state index in [0.29, 0.717) is 11.4 Å². The third-order valence-electron chi connectivity index (χ3n) is 2.86. The van der Waals surface area contributed by atoms with Crippen molar-refractivity contribution in [3.05, 3.63) is 53.5 Å². The van der Waals surface area contributed by atoms with Gasteiger partial charge in [0.1, 0.15) is 11.4 Å². The van der Waals surface area contributed by atoms with E-state index >= 15 is 0 Å². The van der Waals surface area contributed by atoms with Crippen molar-refractivity contribution in [2.24, 2.45) is 5.73 Å². The fourth-order valence-electron chi connectivity index (χ4n) is 1.87. The van der Waals surface area contributed by atoms with Gasteiger partial charge in [-0.15, -0.1) is 11.3 Å². The fourth-order valence-corrected chi connectivity index (χ4v) is 2.61. The topological polar surface area (TPSA) is 83.8 Å². The zero-order chi connectivity index (χ0) is 13.9. The lowest BCUT2D eigenvalue weighted by Gasteiger charge is -2.06. The van der Waals surface area contributed by atoms with Gasteiger partial charge in [0.05, 0.1) is 6.20 Å². The lowest BCUT2D eigenvalue weighted by Crippen LogP contribution is -2.11. The van der Waals surface area contributed by atoms with Crippen LogP contribution in [-0.2, 0) is 0 Å². The second-order valence-electron chi connectivity index (χ2n) is 4.20. The minimum Gasteiger partial charge on any atom is -0.365 e. The van der Waals surface area contributed by atoms with Crippen molar-refractivity contribution >= 4 is 28.7 Å². The average Bonchev–Trinajstić information content (AvgIpc) is 3.10. The summed E-state index contributed by atoms with van der Waals surface area (Å²) in [4.78, 5) is 12.4. The Labute approximate surface area is 119 Å². The average molecular weight is 284 g/mol. The highest BCUT2D eigenvalue weighted by atomic mass is 32.1. The Morgan fingerprint density at radius 1 is 1.25 bits per heavy atom. The standard InChI is InChI=1S/C14H12N4OS/c15-13(19)11-8-16-18-14(11)17-10-5-3-9(4-6-10)12-2-1-7-20-12/h1-8H,(H2,15,19)(H2,16,17,18). The first-order valence-corrected chi connectivity index (χ1v) is 6.86.